The zero-order chi connectivity index (χ0) is 24.5. The molecule has 4 rings (SSSR count). The number of carbonyl (C=O) groups excluding carboxylic acids is 1. The molecule has 178 valence electrons. The smallest absolute Gasteiger partial charge is 0.248 e. The Balaban J connectivity index is 1.55. The molecule has 0 saturated heterocycles. The van der Waals surface area contributed by atoms with E-state index in [0.29, 0.717) is 29.0 Å². The molecule has 1 aliphatic rings. The normalized spacial score (nSPS) is 15.6. The third-order valence-corrected chi connectivity index (χ3v) is 6.51. The van der Waals surface area contributed by atoms with E-state index in [-0.39, 0.29) is 5.41 Å². The molecule has 34 heavy (non-hydrogen) atoms. The standard InChI is InChI=1S/C26H31N5O2S/c1-6-34-25-29-24-28-16(2)21(23(27)32)22(31(24)30-25)18-9-13-20(14-10-18)33-15-17-7-11-19(12-8-17)26(3,4)5/h7-14,22H,6,15H2,1-5H3,(H2,27,32)(H,28,29,30). The van der Waals surface area contributed by atoms with E-state index in [1.54, 1.807) is 16.4 Å². The first-order valence-electron chi connectivity index (χ1n) is 11.4. The van der Waals surface area contributed by atoms with Gasteiger partial charge in [-0.05, 0) is 46.9 Å². The molecule has 3 aromatic rings. The number of thioether (sulfide) groups is 1. The molecular weight excluding hydrogens is 446 g/mol. The number of primary amides is 1. The van der Waals surface area contributed by atoms with Crippen molar-refractivity contribution in [2.45, 2.75) is 57.8 Å². The number of allylic oxidation sites excluding steroid dienone is 1. The van der Waals surface area contributed by atoms with Crippen molar-refractivity contribution in [3.05, 3.63) is 76.5 Å². The second kappa shape index (κ2) is 9.54. The lowest BCUT2D eigenvalue weighted by atomic mass is 9.87. The van der Waals surface area contributed by atoms with E-state index in [1.807, 2.05) is 38.1 Å². The number of aromatic nitrogens is 3. The van der Waals surface area contributed by atoms with Crippen molar-refractivity contribution in [3.8, 4) is 5.75 Å². The van der Waals surface area contributed by atoms with Gasteiger partial charge in [0.1, 0.15) is 18.4 Å². The minimum Gasteiger partial charge on any atom is -0.489 e. The minimum atomic E-state index is -0.486. The number of rotatable bonds is 7. The number of amides is 1. The first kappa shape index (κ1) is 23.9. The Morgan fingerprint density at radius 3 is 2.41 bits per heavy atom. The minimum absolute atomic E-state index is 0.125. The summed E-state index contributed by atoms with van der Waals surface area (Å²) >= 11 is 1.55. The average Bonchev–Trinajstić information content (AvgIpc) is 3.18. The summed E-state index contributed by atoms with van der Waals surface area (Å²) in [5.41, 5.74) is 10.3. The fourth-order valence-corrected chi connectivity index (χ4v) is 4.52. The summed E-state index contributed by atoms with van der Waals surface area (Å²) in [6, 6.07) is 15.8. The Bertz CT molecular complexity index is 1210. The van der Waals surface area contributed by atoms with Gasteiger partial charge in [0, 0.05) is 5.70 Å². The molecular formula is C26H31N5O2S. The number of nitrogens with two attached hydrogens (primary N) is 1. The highest BCUT2D eigenvalue weighted by molar-refractivity contribution is 7.99. The van der Waals surface area contributed by atoms with Gasteiger partial charge in [0.15, 0.2) is 0 Å². The van der Waals surface area contributed by atoms with Crippen LogP contribution in [-0.2, 0) is 16.8 Å². The molecule has 8 heteroatoms. The Labute approximate surface area is 204 Å². The van der Waals surface area contributed by atoms with Gasteiger partial charge >= 0.3 is 0 Å². The van der Waals surface area contributed by atoms with Crippen LogP contribution in [0.2, 0.25) is 0 Å². The molecule has 0 bridgehead atoms. The van der Waals surface area contributed by atoms with Gasteiger partial charge < -0.3 is 15.8 Å². The summed E-state index contributed by atoms with van der Waals surface area (Å²) in [5.74, 6) is 1.72. The fourth-order valence-electron chi connectivity index (χ4n) is 3.96. The zero-order valence-corrected chi connectivity index (χ0v) is 21.1. The van der Waals surface area contributed by atoms with E-state index in [1.165, 1.54) is 5.56 Å². The molecule has 7 nitrogen and oxygen atoms in total. The third kappa shape index (κ3) is 4.97. The number of hydrogen-bond donors (Lipinski definition) is 2. The molecule has 1 aromatic heterocycles. The van der Waals surface area contributed by atoms with Crippen LogP contribution in [0.1, 0.15) is 57.4 Å². The van der Waals surface area contributed by atoms with Crippen LogP contribution < -0.4 is 15.8 Å². The van der Waals surface area contributed by atoms with E-state index >= 15 is 0 Å². The molecule has 1 aliphatic heterocycles. The topological polar surface area (TPSA) is 95.1 Å². The first-order valence-corrected chi connectivity index (χ1v) is 12.3. The molecule has 3 N–H and O–H groups in total. The van der Waals surface area contributed by atoms with Crippen molar-refractivity contribution in [1.82, 2.24) is 14.8 Å². The Kier molecular flexibility index (Phi) is 6.70. The van der Waals surface area contributed by atoms with Crippen molar-refractivity contribution in [2.75, 3.05) is 11.1 Å². The van der Waals surface area contributed by atoms with Crippen molar-refractivity contribution < 1.29 is 9.53 Å². The Hall–Kier alpha value is -3.26. The van der Waals surface area contributed by atoms with Crippen molar-refractivity contribution >= 4 is 23.6 Å². The Morgan fingerprint density at radius 1 is 1.15 bits per heavy atom. The lowest BCUT2D eigenvalue weighted by molar-refractivity contribution is -0.115. The molecule has 2 aromatic carbocycles. The highest BCUT2D eigenvalue weighted by atomic mass is 32.2. The number of carbonyl (C=O) groups is 1. The summed E-state index contributed by atoms with van der Waals surface area (Å²) in [7, 11) is 0. The predicted octanol–water partition coefficient (Wildman–Crippen LogP) is 5.04. The van der Waals surface area contributed by atoms with Crippen molar-refractivity contribution in [3.63, 3.8) is 0 Å². The van der Waals surface area contributed by atoms with Gasteiger partial charge in [0.2, 0.25) is 17.0 Å². The lowest BCUT2D eigenvalue weighted by Gasteiger charge is -2.27. The van der Waals surface area contributed by atoms with Crippen LogP contribution in [0.5, 0.6) is 5.75 Å². The van der Waals surface area contributed by atoms with Gasteiger partial charge in [-0.3, -0.25) is 4.79 Å². The lowest BCUT2D eigenvalue weighted by Crippen LogP contribution is -2.31. The number of ether oxygens (including phenoxy) is 1. The number of hydrogen-bond acceptors (Lipinski definition) is 6. The second-order valence-electron chi connectivity index (χ2n) is 9.33. The zero-order valence-electron chi connectivity index (χ0n) is 20.3. The first-order chi connectivity index (χ1) is 16.2. The maximum atomic E-state index is 12.3. The summed E-state index contributed by atoms with van der Waals surface area (Å²) < 4.78 is 7.74. The second-order valence-corrected chi connectivity index (χ2v) is 10.6. The van der Waals surface area contributed by atoms with E-state index in [0.717, 1.165) is 22.6 Å². The maximum absolute atomic E-state index is 12.3. The van der Waals surface area contributed by atoms with E-state index in [4.69, 9.17) is 10.5 Å². The van der Waals surface area contributed by atoms with Gasteiger partial charge in [0.25, 0.3) is 0 Å². The van der Waals surface area contributed by atoms with Crippen LogP contribution in [0.15, 0.2) is 65.0 Å². The van der Waals surface area contributed by atoms with Gasteiger partial charge in [0.05, 0.1) is 5.57 Å². The van der Waals surface area contributed by atoms with E-state index in [2.05, 4.69) is 60.4 Å². The van der Waals surface area contributed by atoms with E-state index in [9.17, 15) is 4.79 Å². The molecule has 0 spiro atoms. The quantitative estimate of drug-likeness (QED) is 0.463. The van der Waals surface area contributed by atoms with Crippen molar-refractivity contribution in [2.24, 2.45) is 5.73 Å². The molecule has 0 radical (unpaired) electrons. The summed E-state index contributed by atoms with van der Waals surface area (Å²) in [6.07, 6.45) is 0. The number of nitrogens with one attached hydrogen (secondary N) is 1. The average molecular weight is 478 g/mol. The monoisotopic (exact) mass is 477 g/mol. The van der Waals surface area contributed by atoms with Crippen LogP contribution in [0.25, 0.3) is 0 Å². The number of benzene rings is 2. The number of anilines is 1. The predicted molar refractivity (Wildman–Crippen MR) is 136 cm³/mol. The molecule has 0 saturated carbocycles. The van der Waals surface area contributed by atoms with Crippen LogP contribution >= 0.6 is 11.8 Å². The maximum Gasteiger partial charge on any atom is 0.248 e. The van der Waals surface area contributed by atoms with Gasteiger partial charge in [-0.25, -0.2) is 4.68 Å². The number of nitrogens with zero attached hydrogens (tertiary/aromatic N) is 3. The summed E-state index contributed by atoms with van der Waals surface area (Å²) in [4.78, 5) is 16.9. The van der Waals surface area contributed by atoms with Crippen LogP contribution in [-0.4, -0.2) is 26.4 Å². The number of fused-ring (bicyclic) bond motifs is 1. The Morgan fingerprint density at radius 2 is 1.82 bits per heavy atom. The van der Waals surface area contributed by atoms with Crippen LogP contribution in [0.4, 0.5) is 5.95 Å². The van der Waals surface area contributed by atoms with Crippen LogP contribution in [0, 0.1) is 0 Å². The summed E-state index contributed by atoms with van der Waals surface area (Å²) in [5, 5.41) is 8.44. The molecule has 0 aliphatic carbocycles. The molecule has 1 unspecified atom stereocenters. The largest absolute Gasteiger partial charge is 0.489 e. The highest BCUT2D eigenvalue weighted by Crippen LogP contribution is 2.36. The molecule has 0 fully saturated rings. The van der Waals surface area contributed by atoms with Crippen molar-refractivity contribution in [1.29, 1.82) is 0 Å². The van der Waals surface area contributed by atoms with E-state index < -0.39 is 11.9 Å². The van der Waals surface area contributed by atoms with Crippen LogP contribution in [0.3, 0.4) is 0 Å². The van der Waals surface area contributed by atoms with Gasteiger partial charge in [-0.2, -0.15) is 4.98 Å². The third-order valence-electron chi connectivity index (χ3n) is 5.79. The molecule has 1 atom stereocenters. The molecule has 2 heterocycles. The van der Waals surface area contributed by atoms with Gasteiger partial charge in [-0.1, -0.05) is 75.9 Å². The molecule has 1 amide bonds. The fraction of sp³-hybridized carbons (Fsp3) is 0.346. The summed E-state index contributed by atoms with van der Waals surface area (Å²) in [6.45, 7) is 11.0. The SMILES string of the molecule is CCSc1nc2n(n1)C(c1ccc(OCc3ccc(C(C)(C)C)cc3)cc1)C(C(N)=O)=C(C)N2. The van der Waals surface area contributed by atoms with Gasteiger partial charge in [-0.15, -0.1) is 5.10 Å². The highest BCUT2D eigenvalue weighted by Gasteiger charge is 2.33.